The monoisotopic (exact) mass is 204 g/mol. The first-order valence-corrected chi connectivity index (χ1v) is 7.54. The van der Waals surface area contributed by atoms with Crippen molar-refractivity contribution in [1.82, 2.24) is 0 Å². The zero-order chi connectivity index (χ0) is 7.71. The van der Waals surface area contributed by atoms with Gasteiger partial charge in [-0.3, -0.25) is 0 Å². The van der Waals surface area contributed by atoms with Crippen LogP contribution >= 0.6 is 34.8 Å². The summed E-state index contributed by atoms with van der Waals surface area (Å²) in [6.45, 7) is 6.28. The van der Waals surface area contributed by atoms with Crippen LogP contribution in [-0.2, 0) is 0 Å². The van der Waals surface area contributed by atoms with E-state index in [0.29, 0.717) is 5.88 Å². The third-order valence-electron chi connectivity index (χ3n) is 1.27. The van der Waals surface area contributed by atoms with Gasteiger partial charge in [0, 0.05) is 0 Å². The highest BCUT2D eigenvalue weighted by atomic mass is 35.5. The Morgan fingerprint density at radius 1 is 1.22 bits per heavy atom. The Kier molecular flexibility index (Phi) is 3.36. The molecule has 0 aliphatic carbocycles. The molecule has 0 aromatic rings. The molecule has 0 spiro atoms. The van der Waals surface area contributed by atoms with Crippen LogP contribution in [0.1, 0.15) is 0 Å². The molecule has 0 aliphatic rings. The highest BCUT2D eigenvalue weighted by Crippen LogP contribution is 2.33. The van der Waals surface area contributed by atoms with E-state index >= 15 is 0 Å². The lowest BCUT2D eigenvalue weighted by Gasteiger charge is -2.29. The van der Waals surface area contributed by atoms with Crippen molar-refractivity contribution in [2.45, 2.75) is 23.6 Å². The number of halogens is 3. The van der Waals surface area contributed by atoms with Gasteiger partial charge in [-0.05, 0) is 0 Å². The molecule has 0 aliphatic heterocycles. The molecule has 0 rings (SSSR count). The first-order valence-electron chi connectivity index (χ1n) is 2.75. The van der Waals surface area contributed by atoms with Crippen molar-refractivity contribution in [2.75, 3.05) is 5.88 Å². The summed E-state index contributed by atoms with van der Waals surface area (Å²) in [4.78, 5) is 0. The number of hydrogen-bond acceptors (Lipinski definition) is 0. The highest BCUT2D eigenvalue weighted by molar-refractivity contribution is 6.95. The summed E-state index contributed by atoms with van der Waals surface area (Å²) in [6, 6.07) is 0. The van der Waals surface area contributed by atoms with E-state index in [1.165, 1.54) is 0 Å². The SMILES string of the molecule is C[Si](C)(C)C(Cl)(Cl)CCl. The van der Waals surface area contributed by atoms with Gasteiger partial charge in [-0.25, -0.2) is 0 Å². The van der Waals surface area contributed by atoms with E-state index in [1.54, 1.807) is 0 Å². The van der Waals surface area contributed by atoms with Crippen LogP contribution in [0, 0.1) is 0 Å². The maximum absolute atomic E-state index is 5.89. The van der Waals surface area contributed by atoms with Crippen molar-refractivity contribution in [2.24, 2.45) is 0 Å². The lowest BCUT2D eigenvalue weighted by Crippen LogP contribution is -2.44. The average molecular weight is 206 g/mol. The number of hydrogen-bond donors (Lipinski definition) is 0. The molecule has 0 nitrogen and oxygen atoms in total. The Hall–Kier alpha value is 1.09. The molecule has 0 aromatic carbocycles. The lowest BCUT2D eigenvalue weighted by atomic mass is 10.9. The molecule has 0 bridgehead atoms. The van der Waals surface area contributed by atoms with Gasteiger partial charge in [-0.2, -0.15) is 0 Å². The Morgan fingerprint density at radius 3 is 1.56 bits per heavy atom. The van der Waals surface area contributed by atoms with E-state index in [9.17, 15) is 0 Å². The van der Waals surface area contributed by atoms with Gasteiger partial charge in [-0.1, -0.05) is 19.6 Å². The van der Waals surface area contributed by atoms with Gasteiger partial charge in [0.25, 0.3) is 0 Å². The molecular formula is C5H11Cl3Si. The third-order valence-corrected chi connectivity index (χ3v) is 8.20. The first-order chi connectivity index (χ1) is 3.81. The summed E-state index contributed by atoms with van der Waals surface area (Å²) < 4.78 is -0.672. The molecule has 0 saturated carbocycles. The molecule has 0 N–H and O–H groups in total. The normalized spacial score (nSPS) is 14.0. The van der Waals surface area contributed by atoms with E-state index in [4.69, 9.17) is 34.8 Å². The van der Waals surface area contributed by atoms with Gasteiger partial charge in [0.15, 0.2) is 0 Å². The Morgan fingerprint density at radius 2 is 1.56 bits per heavy atom. The first kappa shape index (κ1) is 10.1. The molecule has 0 unspecified atom stereocenters. The number of alkyl halides is 3. The quantitative estimate of drug-likeness (QED) is 0.479. The smallest absolute Gasteiger partial charge is 0.120 e. The second kappa shape index (κ2) is 2.99. The van der Waals surface area contributed by atoms with Crippen LogP contribution in [0.4, 0.5) is 0 Å². The van der Waals surface area contributed by atoms with Crippen LogP contribution in [0.5, 0.6) is 0 Å². The Bertz CT molecular complexity index is 94.9. The van der Waals surface area contributed by atoms with E-state index in [-0.39, 0.29) is 0 Å². The van der Waals surface area contributed by atoms with Gasteiger partial charge < -0.3 is 0 Å². The molecule has 0 radical (unpaired) electrons. The van der Waals surface area contributed by atoms with Crippen LogP contribution in [0.25, 0.3) is 0 Å². The summed E-state index contributed by atoms with van der Waals surface area (Å²) in [5, 5.41) is 0. The minimum Gasteiger partial charge on any atom is -0.124 e. The summed E-state index contributed by atoms with van der Waals surface area (Å²) in [6.07, 6.45) is 0. The largest absolute Gasteiger partial charge is 0.124 e. The minimum atomic E-state index is -1.49. The fourth-order valence-corrected chi connectivity index (χ4v) is 1.80. The minimum absolute atomic E-state index is 0.325. The van der Waals surface area contributed by atoms with E-state index in [1.807, 2.05) is 0 Å². The molecule has 0 heterocycles. The summed E-state index contributed by atoms with van der Waals surface area (Å²) in [5.41, 5.74) is 0. The zero-order valence-electron chi connectivity index (χ0n) is 5.84. The second-order valence-corrected chi connectivity index (χ2v) is 10.8. The van der Waals surface area contributed by atoms with Gasteiger partial charge in [0.1, 0.15) is 3.96 Å². The second-order valence-electron chi connectivity index (χ2n) is 3.09. The van der Waals surface area contributed by atoms with Gasteiger partial charge in [0.05, 0.1) is 14.0 Å². The number of rotatable bonds is 2. The maximum atomic E-state index is 5.89. The standard InChI is InChI=1S/C5H11Cl3Si/c1-9(2,3)5(7,8)4-6/h4H2,1-3H3. The fraction of sp³-hybridized carbons (Fsp3) is 1.00. The van der Waals surface area contributed by atoms with Crippen molar-refractivity contribution in [3.05, 3.63) is 0 Å². The van der Waals surface area contributed by atoms with Crippen molar-refractivity contribution in [1.29, 1.82) is 0 Å². The zero-order valence-corrected chi connectivity index (χ0v) is 9.11. The topological polar surface area (TPSA) is 0 Å². The third kappa shape index (κ3) is 2.66. The molecular weight excluding hydrogens is 194 g/mol. The van der Waals surface area contributed by atoms with Crippen molar-refractivity contribution < 1.29 is 0 Å². The van der Waals surface area contributed by atoms with Gasteiger partial charge in [-0.15, -0.1) is 34.8 Å². The molecule has 0 atom stereocenters. The predicted octanol–water partition coefficient (Wildman–Crippen LogP) is 3.28. The highest BCUT2D eigenvalue weighted by Gasteiger charge is 2.38. The van der Waals surface area contributed by atoms with E-state index in [0.717, 1.165) is 0 Å². The van der Waals surface area contributed by atoms with Crippen LogP contribution in [0.3, 0.4) is 0 Å². The van der Waals surface area contributed by atoms with Crippen LogP contribution in [0.15, 0.2) is 0 Å². The molecule has 56 valence electrons. The maximum Gasteiger partial charge on any atom is 0.120 e. The van der Waals surface area contributed by atoms with E-state index in [2.05, 4.69) is 19.6 Å². The molecule has 0 saturated heterocycles. The predicted molar refractivity (Wildman–Crippen MR) is 48.5 cm³/mol. The molecule has 0 fully saturated rings. The summed E-state index contributed by atoms with van der Waals surface area (Å²) in [5.74, 6) is 0.325. The summed E-state index contributed by atoms with van der Waals surface area (Å²) in [7, 11) is -1.49. The van der Waals surface area contributed by atoms with E-state index < -0.39 is 12.0 Å². The molecule has 0 aromatic heterocycles. The van der Waals surface area contributed by atoms with Crippen molar-refractivity contribution in [3.63, 3.8) is 0 Å². The Labute approximate surface area is 72.5 Å². The fourth-order valence-electron chi connectivity index (χ4n) is 0.200. The van der Waals surface area contributed by atoms with Gasteiger partial charge in [0.2, 0.25) is 0 Å². The van der Waals surface area contributed by atoms with Crippen LogP contribution < -0.4 is 0 Å². The Balaban J connectivity index is 4.14. The molecule has 0 amide bonds. The van der Waals surface area contributed by atoms with Crippen LogP contribution in [-0.4, -0.2) is 17.9 Å². The molecule has 4 heteroatoms. The van der Waals surface area contributed by atoms with Crippen molar-refractivity contribution >= 4 is 42.9 Å². The average Bonchev–Trinajstić information content (AvgIpc) is 1.64. The van der Waals surface area contributed by atoms with Crippen LogP contribution in [0.2, 0.25) is 19.6 Å². The van der Waals surface area contributed by atoms with Gasteiger partial charge >= 0.3 is 0 Å². The lowest BCUT2D eigenvalue weighted by molar-refractivity contribution is 1.18. The molecule has 9 heavy (non-hydrogen) atoms. The van der Waals surface area contributed by atoms with Crippen molar-refractivity contribution in [3.8, 4) is 0 Å². The summed E-state index contributed by atoms with van der Waals surface area (Å²) >= 11 is 17.3.